The van der Waals surface area contributed by atoms with E-state index in [1.54, 1.807) is 25.2 Å². The minimum atomic E-state index is -0.368. The fourth-order valence-electron chi connectivity index (χ4n) is 2.42. The van der Waals surface area contributed by atoms with Crippen LogP contribution in [-0.4, -0.2) is 30.0 Å². The number of fused-ring (bicyclic) bond motifs is 2. The van der Waals surface area contributed by atoms with E-state index in [1.165, 1.54) is 21.7 Å². The second-order valence-corrected chi connectivity index (χ2v) is 5.79. The van der Waals surface area contributed by atoms with E-state index in [4.69, 9.17) is 16.0 Å². The van der Waals surface area contributed by atoms with Gasteiger partial charge >= 0.3 is 6.01 Å². The van der Waals surface area contributed by atoms with Crippen molar-refractivity contribution in [3.8, 4) is 0 Å². The zero-order valence-electron chi connectivity index (χ0n) is 12.9. The second-order valence-electron chi connectivity index (χ2n) is 5.35. The number of rotatable bonds is 3. The van der Waals surface area contributed by atoms with E-state index in [-0.39, 0.29) is 24.0 Å². The van der Waals surface area contributed by atoms with E-state index in [9.17, 15) is 9.59 Å². The molecule has 1 N–H and O–H groups in total. The summed E-state index contributed by atoms with van der Waals surface area (Å²) in [5.41, 5.74) is 1.63. The topological polar surface area (TPSA) is 108 Å². The molecule has 0 spiro atoms. The molecule has 10 heteroatoms. The largest absolute Gasteiger partial charge is 0.423 e. The lowest BCUT2D eigenvalue weighted by Crippen LogP contribution is -2.20. The van der Waals surface area contributed by atoms with Crippen LogP contribution in [0.1, 0.15) is 0 Å². The van der Waals surface area contributed by atoms with Gasteiger partial charge < -0.3 is 8.98 Å². The number of oxazole rings is 1. The molecule has 1 amide bonds. The monoisotopic (exact) mass is 358 g/mol. The number of carbonyl (C=O) groups is 1. The van der Waals surface area contributed by atoms with E-state index in [0.29, 0.717) is 27.4 Å². The average molecular weight is 359 g/mol. The summed E-state index contributed by atoms with van der Waals surface area (Å²) in [5.74, 6) is -0.368. The molecule has 0 bridgehead atoms. The Morgan fingerprint density at radius 2 is 2.16 bits per heavy atom. The molecule has 0 fully saturated rings. The minimum absolute atomic E-state index is 0.0544. The molecule has 25 heavy (non-hydrogen) atoms. The van der Waals surface area contributed by atoms with E-state index in [0.717, 1.165) is 0 Å². The zero-order chi connectivity index (χ0) is 17.6. The number of nitrogens with one attached hydrogen (secondary N) is 1. The van der Waals surface area contributed by atoms with Gasteiger partial charge in [-0.15, -0.1) is 0 Å². The van der Waals surface area contributed by atoms with E-state index in [1.807, 2.05) is 0 Å². The second kappa shape index (κ2) is 5.71. The summed E-state index contributed by atoms with van der Waals surface area (Å²) >= 11 is 5.89. The van der Waals surface area contributed by atoms with Crippen LogP contribution in [0.4, 0.5) is 6.01 Å². The van der Waals surface area contributed by atoms with Crippen molar-refractivity contribution in [1.29, 1.82) is 0 Å². The lowest BCUT2D eigenvalue weighted by molar-refractivity contribution is -0.116. The van der Waals surface area contributed by atoms with Gasteiger partial charge in [0.05, 0.1) is 12.5 Å². The highest BCUT2D eigenvalue weighted by molar-refractivity contribution is 6.31. The first-order chi connectivity index (χ1) is 12.0. The number of nitrogens with zero attached hydrogens (tertiary/aromatic N) is 5. The van der Waals surface area contributed by atoms with Crippen molar-refractivity contribution in [2.75, 3.05) is 5.32 Å². The number of carbonyl (C=O) groups excluding carboxylic acids is 1. The summed E-state index contributed by atoms with van der Waals surface area (Å²) in [7, 11) is 1.59. The van der Waals surface area contributed by atoms with Crippen LogP contribution < -0.4 is 10.9 Å². The number of imidazole rings is 1. The molecule has 3 heterocycles. The van der Waals surface area contributed by atoms with Gasteiger partial charge in [-0.05, 0) is 12.1 Å². The van der Waals surface area contributed by atoms with Crippen LogP contribution in [0.15, 0.2) is 39.9 Å². The number of amides is 1. The Morgan fingerprint density at radius 3 is 3.00 bits per heavy atom. The van der Waals surface area contributed by atoms with Gasteiger partial charge in [-0.1, -0.05) is 11.6 Å². The number of anilines is 1. The van der Waals surface area contributed by atoms with Crippen molar-refractivity contribution >= 4 is 45.9 Å². The van der Waals surface area contributed by atoms with Gasteiger partial charge in [0, 0.05) is 18.1 Å². The molecule has 0 saturated carbocycles. The van der Waals surface area contributed by atoms with Gasteiger partial charge in [0.1, 0.15) is 12.1 Å². The number of halogens is 1. The fraction of sp³-hybridized carbons (Fsp3) is 0.133. The Morgan fingerprint density at radius 1 is 1.32 bits per heavy atom. The minimum Gasteiger partial charge on any atom is -0.423 e. The summed E-state index contributed by atoms with van der Waals surface area (Å²) in [4.78, 5) is 36.1. The maximum atomic E-state index is 12.2. The molecule has 0 unspecified atom stereocenters. The van der Waals surface area contributed by atoms with Crippen LogP contribution in [-0.2, 0) is 18.4 Å². The van der Waals surface area contributed by atoms with Gasteiger partial charge in [-0.3, -0.25) is 19.5 Å². The number of hydrogen-bond acceptors (Lipinski definition) is 6. The Balaban J connectivity index is 1.57. The normalized spacial score (nSPS) is 11.3. The molecule has 0 radical (unpaired) electrons. The Bertz CT molecular complexity index is 1180. The highest BCUT2D eigenvalue weighted by atomic mass is 35.5. The number of benzene rings is 1. The maximum Gasteiger partial charge on any atom is 0.302 e. The SMILES string of the molecule is Cn1c(=O)cnc2c1ncn2CC(=O)Nc1nc2ccc(Cl)cc2o1. The van der Waals surface area contributed by atoms with Crippen molar-refractivity contribution in [3.05, 3.63) is 46.1 Å². The van der Waals surface area contributed by atoms with E-state index < -0.39 is 0 Å². The number of aromatic nitrogens is 5. The van der Waals surface area contributed by atoms with Crippen LogP contribution in [0.5, 0.6) is 0 Å². The van der Waals surface area contributed by atoms with Crippen LogP contribution in [0.25, 0.3) is 22.4 Å². The quantitative estimate of drug-likeness (QED) is 0.595. The molecule has 126 valence electrons. The molecule has 0 aliphatic heterocycles. The summed E-state index contributed by atoms with van der Waals surface area (Å²) in [6.07, 6.45) is 2.63. The molecule has 0 aliphatic rings. The highest BCUT2D eigenvalue weighted by Crippen LogP contribution is 2.22. The molecule has 3 aromatic heterocycles. The van der Waals surface area contributed by atoms with Crippen molar-refractivity contribution in [3.63, 3.8) is 0 Å². The highest BCUT2D eigenvalue weighted by Gasteiger charge is 2.13. The Kier molecular flexibility index (Phi) is 3.50. The predicted octanol–water partition coefficient (Wildman–Crippen LogP) is 1.56. The van der Waals surface area contributed by atoms with Crippen molar-refractivity contribution < 1.29 is 9.21 Å². The zero-order valence-corrected chi connectivity index (χ0v) is 13.7. The third-order valence-electron chi connectivity index (χ3n) is 3.65. The molecule has 0 aliphatic carbocycles. The van der Waals surface area contributed by atoms with Crippen LogP contribution in [0.2, 0.25) is 5.02 Å². The van der Waals surface area contributed by atoms with Crippen molar-refractivity contribution in [2.45, 2.75) is 6.54 Å². The van der Waals surface area contributed by atoms with E-state index in [2.05, 4.69) is 20.3 Å². The molecule has 9 nitrogen and oxygen atoms in total. The molecule has 4 rings (SSSR count). The van der Waals surface area contributed by atoms with Crippen molar-refractivity contribution in [2.24, 2.45) is 7.05 Å². The van der Waals surface area contributed by atoms with Gasteiger partial charge in [-0.2, -0.15) is 4.98 Å². The molecule has 0 saturated heterocycles. The van der Waals surface area contributed by atoms with Crippen LogP contribution in [0, 0.1) is 0 Å². The average Bonchev–Trinajstić information content (AvgIpc) is 3.14. The summed E-state index contributed by atoms with van der Waals surface area (Å²) < 4.78 is 8.34. The van der Waals surface area contributed by atoms with Gasteiger partial charge in [0.15, 0.2) is 16.9 Å². The molecule has 4 aromatic rings. The number of hydrogen-bond donors (Lipinski definition) is 1. The first-order valence-corrected chi connectivity index (χ1v) is 7.62. The smallest absolute Gasteiger partial charge is 0.302 e. The predicted molar refractivity (Wildman–Crippen MR) is 90.4 cm³/mol. The lowest BCUT2D eigenvalue weighted by Gasteiger charge is -2.03. The standard InChI is InChI=1S/C15H11ClN6O3/c1-21-12(24)5-17-14-13(21)18-7-22(14)6-11(23)20-15-19-9-3-2-8(16)4-10(9)25-15/h2-5,7H,6H2,1H3,(H,19,20,23). The maximum absolute atomic E-state index is 12.2. The summed E-state index contributed by atoms with van der Waals surface area (Å²) in [5, 5.41) is 3.09. The Labute approximate surface area is 144 Å². The number of aryl methyl sites for hydroxylation is 1. The van der Waals surface area contributed by atoms with E-state index >= 15 is 0 Å². The lowest BCUT2D eigenvalue weighted by atomic mass is 10.3. The third-order valence-corrected chi connectivity index (χ3v) is 3.88. The third kappa shape index (κ3) is 2.74. The molecular formula is C15H11ClN6O3. The van der Waals surface area contributed by atoms with Crippen LogP contribution >= 0.6 is 11.6 Å². The van der Waals surface area contributed by atoms with Gasteiger partial charge in [0.25, 0.3) is 5.56 Å². The van der Waals surface area contributed by atoms with Gasteiger partial charge in [-0.25, -0.2) is 9.97 Å². The summed E-state index contributed by atoms with van der Waals surface area (Å²) in [6, 6.07) is 5.08. The Hall–Kier alpha value is -3.20. The van der Waals surface area contributed by atoms with Gasteiger partial charge in [0.2, 0.25) is 5.91 Å². The van der Waals surface area contributed by atoms with Crippen LogP contribution in [0.3, 0.4) is 0 Å². The van der Waals surface area contributed by atoms with Crippen molar-refractivity contribution in [1.82, 2.24) is 24.1 Å². The first kappa shape index (κ1) is 15.3. The first-order valence-electron chi connectivity index (χ1n) is 7.24. The molecule has 1 aromatic carbocycles. The summed E-state index contributed by atoms with van der Waals surface area (Å²) in [6.45, 7) is -0.0544. The molecule has 0 atom stereocenters. The molecular weight excluding hydrogens is 348 g/mol. The fourth-order valence-corrected chi connectivity index (χ4v) is 2.58.